The average Bonchev–Trinajstić information content (AvgIpc) is 2.67. The summed E-state index contributed by atoms with van der Waals surface area (Å²) >= 11 is 0. The predicted octanol–water partition coefficient (Wildman–Crippen LogP) is 2.36. The van der Waals surface area contributed by atoms with E-state index in [9.17, 15) is 0 Å². The molecule has 1 aromatic heterocycles. The average molecular weight is 194 g/mol. The van der Waals surface area contributed by atoms with E-state index in [1.165, 1.54) is 38.5 Å². The van der Waals surface area contributed by atoms with Crippen molar-refractivity contribution >= 4 is 0 Å². The van der Waals surface area contributed by atoms with Crippen LogP contribution in [0.3, 0.4) is 0 Å². The fourth-order valence-corrected chi connectivity index (χ4v) is 2.46. The van der Waals surface area contributed by atoms with Gasteiger partial charge in [-0.15, -0.1) is 0 Å². The Hall–Kier alpha value is -0.830. The Morgan fingerprint density at radius 2 is 2.14 bits per heavy atom. The van der Waals surface area contributed by atoms with Gasteiger partial charge in [0.25, 0.3) is 0 Å². The highest BCUT2D eigenvalue weighted by atomic mass is 16.3. The molecule has 1 fully saturated rings. The number of hydrogen-bond donors (Lipinski definition) is 1. The van der Waals surface area contributed by atoms with Crippen LogP contribution in [0, 0.1) is 0 Å². The number of oxazole rings is 1. The summed E-state index contributed by atoms with van der Waals surface area (Å²) < 4.78 is 5.51. The molecule has 78 valence electrons. The van der Waals surface area contributed by atoms with Gasteiger partial charge < -0.3 is 10.2 Å². The molecular formula is C11H18N2O. The summed E-state index contributed by atoms with van der Waals surface area (Å²) in [4.78, 5) is 4.16. The molecule has 0 bridgehead atoms. The maximum Gasteiger partial charge on any atom is 0.181 e. The highest BCUT2D eigenvalue weighted by molar-refractivity contribution is 5.18. The predicted molar refractivity (Wildman–Crippen MR) is 54.8 cm³/mol. The van der Waals surface area contributed by atoms with Crippen molar-refractivity contribution in [3.8, 4) is 0 Å². The molecule has 3 nitrogen and oxygen atoms in total. The first-order chi connectivity index (χ1) is 6.76. The van der Waals surface area contributed by atoms with Gasteiger partial charge in [-0.2, -0.15) is 0 Å². The molecule has 1 saturated carbocycles. The lowest BCUT2D eigenvalue weighted by molar-refractivity contribution is 0.264. The molecule has 1 aromatic rings. The summed E-state index contributed by atoms with van der Waals surface area (Å²) in [5.74, 6) is 1.03. The van der Waals surface area contributed by atoms with Crippen molar-refractivity contribution in [3.63, 3.8) is 0 Å². The van der Waals surface area contributed by atoms with E-state index in [1.54, 1.807) is 0 Å². The number of rotatable bonds is 2. The van der Waals surface area contributed by atoms with Gasteiger partial charge in [-0.25, -0.2) is 4.98 Å². The zero-order chi connectivity index (χ0) is 10.0. The molecule has 1 heterocycles. The van der Waals surface area contributed by atoms with Gasteiger partial charge in [0.05, 0.1) is 5.69 Å². The van der Waals surface area contributed by atoms with Gasteiger partial charge in [0.2, 0.25) is 0 Å². The van der Waals surface area contributed by atoms with Crippen LogP contribution in [0.15, 0.2) is 10.8 Å². The monoisotopic (exact) mass is 194 g/mol. The minimum atomic E-state index is 0.184. The molecule has 0 amide bonds. The van der Waals surface area contributed by atoms with Crippen molar-refractivity contribution in [1.82, 2.24) is 4.98 Å². The summed E-state index contributed by atoms with van der Waals surface area (Å²) in [7, 11) is 0. The van der Waals surface area contributed by atoms with Crippen LogP contribution in [0.2, 0.25) is 0 Å². The second-order valence-corrected chi connectivity index (χ2v) is 4.45. The molecule has 1 aliphatic carbocycles. The topological polar surface area (TPSA) is 52.0 Å². The van der Waals surface area contributed by atoms with Crippen LogP contribution in [-0.2, 0) is 12.0 Å². The number of aromatic nitrogens is 1. The zero-order valence-corrected chi connectivity index (χ0v) is 8.75. The third-order valence-corrected chi connectivity index (χ3v) is 3.34. The van der Waals surface area contributed by atoms with E-state index >= 15 is 0 Å². The van der Waals surface area contributed by atoms with Crippen LogP contribution in [0.25, 0.3) is 0 Å². The Labute approximate surface area is 84.7 Å². The molecule has 2 N–H and O–H groups in total. The smallest absolute Gasteiger partial charge is 0.181 e. The van der Waals surface area contributed by atoms with E-state index in [0.29, 0.717) is 6.54 Å². The lowest BCUT2D eigenvalue weighted by atomic mass is 9.73. The van der Waals surface area contributed by atoms with E-state index < -0.39 is 0 Å². The summed E-state index contributed by atoms with van der Waals surface area (Å²) in [5, 5.41) is 0. The minimum absolute atomic E-state index is 0.184. The molecule has 0 aliphatic heterocycles. The lowest BCUT2D eigenvalue weighted by Crippen LogP contribution is -2.26. The van der Waals surface area contributed by atoms with Crippen molar-refractivity contribution < 1.29 is 4.42 Å². The molecule has 3 heteroatoms. The Kier molecular flexibility index (Phi) is 2.59. The third-order valence-electron chi connectivity index (χ3n) is 3.34. The van der Waals surface area contributed by atoms with Gasteiger partial charge in [-0.3, -0.25) is 0 Å². The van der Waals surface area contributed by atoms with Gasteiger partial charge in [0.15, 0.2) is 6.39 Å². The normalized spacial score (nSPS) is 21.0. The van der Waals surface area contributed by atoms with Crippen molar-refractivity contribution in [2.24, 2.45) is 5.73 Å². The largest absolute Gasteiger partial charge is 0.448 e. The van der Waals surface area contributed by atoms with Gasteiger partial charge in [0.1, 0.15) is 5.76 Å². The highest BCUT2D eigenvalue weighted by Crippen LogP contribution is 2.40. The maximum atomic E-state index is 5.64. The summed E-state index contributed by atoms with van der Waals surface area (Å²) in [5.41, 5.74) is 6.76. The van der Waals surface area contributed by atoms with Crippen LogP contribution in [0.4, 0.5) is 0 Å². The van der Waals surface area contributed by atoms with E-state index in [1.807, 2.05) is 0 Å². The lowest BCUT2D eigenvalue weighted by Gasteiger charge is -2.31. The van der Waals surface area contributed by atoms with E-state index in [2.05, 4.69) is 11.9 Å². The quantitative estimate of drug-likeness (QED) is 0.786. The van der Waals surface area contributed by atoms with Crippen LogP contribution in [-0.4, -0.2) is 4.98 Å². The van der Waals surface area contributed by atoms with Crippen LogP contribution in [0.5, 0.6) is 0 Å². The number of nitrogens with two attached hydrogens (primary N) is 1. The second-order valence-electron chi connectivity index (χ2n) is 4.45. The van der Waals surface area contributed by atoms with Gasteiger partial charge in [0, 0.05) is 12.0 Å². The summed E-state index contributed by atoms with van der Waals surface area (Å²) in [6.07, 6.45) is 7.87. The first kappa shape index (κ1) is 9.71. The Morgan fingerprint density at radius 3 is 2.79 bits per heavy atom. The standard InChI is InChI=1S/C11H18N2O/c1-11(5-3-2-4-6-11)10-9(7-12)13-8-14-10/h8H,2-7,12H2,1H3. The third kappa shape index (κ3) is 1.57. The molecular weight excluding hydrogens is 176 g/mol. The minimum Gasteiger partial charge on any atom is -0.448 e. The first-order valence-electron chi connectivity index (χ1n) is 5.39. The summed E-state index contributed by atoms with van der Waals surface area (Å²) in [6, 6.07) is 0. The van der Waals surface area contributed by atoms with Gasteiger partial charge in [-0.05, 0) is 12.8 Å². The molecule has 0 atom stereocenters. The van der Waals surface area contributed by atoms with Crippen molar-refractivity contribution in [3.05, 3.63) is 17.8 Å². The molecule has 0 radical (unpaired) electrons. The van der Waals surface area contributed by atoms with E-state index in [-0.39, 0.29) is 5.41 Å². The Balaban J connectivity index is 2.27. The Bertz CT molecular complexity index is 300. The first-order valence-corrected chi connectivity index (χ1v) is 5.39. The molecule has 0 spiro atoms. The van der Waals surface area contributed by atoms with Crippen LogP contribution in [0.1, 0.15) is 50.5 Å². The molecule has 14 heavy (non-hydrogen) atoms. The molecule has 0 saturated heterocycles. The molecule has 0 aromatic carbocycles. The van der Waals surface area contributed by atoms with E-state index in [4.69, 9.17) is 10.2 Å². The second kappa shape index (κ2) is 3.73. The van der Waals surface area contributed by atoms with Crippen molar-refractivity contribution in [2.75, 3.05) is 0 Å². The van der Waals surface area contributed by atoms with Crippen molar-refractivity contribution in [2.45, 2.75) is 51.0 Å². The Morgan fingerprint density at radius 1 is 1.43 bits per heavy atom. The van der Waals surface area contributed by atoms with Crippen molar-refractivity contribution in [1.29, 1.82) is 0 Å². The van der Waals surface area contributed by atoms with E-state index in [0.717, 1.165) is 11.5 Å². The fraction of sp³-hybridized carbons (Fsp3) is 0.727. The summed E-state index contributed by atoms with van der Waals surface area (Å²) in [6.45, 7) is 2.76. The van der Waals surface area contributed by atoms with Gasteiger partial charge in [-0.1, -0.05) is 26.2 Å². The highest BCUT2D eigenvalue weighted by Gasteiger charge is 2.33. The molecule has 1 aliphatic rings. The maximum absolute atomic E-state index is 5.64. The van der Waals surface area contributed by atoms with Crippen LogP contribution >= 0.6 is 0 Å². The fourth-order valence-electron chi connectivity index (χ4n) is 2.46. The molecule has 2 rings (SSSR count). The van der Waals surface area contributed by atoms with Gasteiger partial charge >= 0.3 is 0 Å². The number of hydrogen-bond acceptors (Lipinski definition) is 3. The zero-order valence-electron chi connectivity index (χ0n) is 8.75. The SMILES string of the molecule is CC1(c2ocnc2CN)CCCCC1. The molecule has 0 unspecified atom stereocenters. The van der Waals surface area contributed by atoms with Crippen LogP contribution < -0.4 is 5.73 Å². The number of nitrogens with zero attached hydrogens (tertiary/aromatic N) is 1.